The fourth-order valence-electron chi connectivity index (χ4n) is 3.75. The smallest absolute Gasteiger partial charge is 0.0917 e. The molecule has 1 N–H and O–H groups in total. The van der Waals surface area contributed by atoms with Crippen LogP contribution in [0.25, 0.3) is 21.5 Å². The summed E-state index contributed by atoms with van der Waals surface area (Å²) in [6, 6.07) is 19.3. The standard InChI is InChI=1S/C26H35NO/c1-19(2)13-15-27(16-14-20(3)4)18-26(28)23-12-11-22-10-9-21-7-5-6-8-24(21)25(22)17-23/h5-12,17,19-20,26,28H,13-16,18H2,1-4H3/t26-/m1/s1. The van der Waals surface area contributed by atoms with E-state index in [0.717, 1.165) is 18.7 Å². The summed E-state index contributed by atoms with van der Waals surface area (Å²) in [6.07, 6.45) is 1.89. The Labute approximate surface area is 170 Å². The van der Waals surface area contributed by atoms with E-state index in [9.17, 15) is 5.11 Å². The highest BCUT2D eigenvalue weighted by molar-refractivity contribution is 6.07. The lowest BCUT2D eigenvalue weighted by atomic mass is 9.98. The topological polar surface area (TPSA) is 23.5 Å². The van der Waals surface area contributed by atoms with Crippen molar-refractivity contribution in [1.82, 2.24) is 4.90 Å². The van der Waals surface area contributed by atoms with Crippen LogP contribution in [0.1, 0.15) is 52.2 Å². The summed E-state index contributed by atoms with van der Waals surface area (Å²) >= 11 is 0. The number of hydrogen-bond acceptors (Lipinski definition) is 2. The number of hydrogen-bond donors (Lipinski definition) is 1. The van der Waals surface area contributed by atoms with Crippen LogP contribution in [0.4, 0.5) is 0 Å². The quantitative estimate of drug-likeness (QED) is 0.435. The van der Waals surface area contributed by atoms with E-state index in [1.54, 1.807) is 0 Å². The molecule has 150 valence electrons. The van der Waals surface area contributed by atoms with Crippen molar-refractivity contribution < 1.29 is 5.11 Å². The first-order valence-corrected chi connectivity index (χ1v) is 10.8. The van der Waals surface area contributed by atoms with Crippen molar-refractivity contribution in [3.8, 4) is 0 Å². The second-order valence-corrected chi connectivity index (χ2v) is 8.95. The molecule has 3 aromatic rings. The van der Waals surface area contributed by atoms with Gasteiger partial charge < -0.3 is 10.0 Å². The molecular weight excluding hydrogens is 342 g/mol. The van der Waals surface area contributed by atoms with E-state index in [2.05, 4.69) is 87.2 Å². The molecule has 0 heterocycles. The van der Waals surface area contributed by atoms with Crippen molar-refractivity contribution in [1.29, 1.82) is 0 Å². The maximum absolute atomic E-state index is 11.0. The minimum atomic E-state index is -0.456. The molecule has 0 aliphatic rings. The van der Waals surface area contributed by atoms with Gasteiger partial charge in [0.05, 0.1) is 6.10 Å². The van der Waals surface area contributed by atoms with E-state index in [4.69, 9.17) is 0 Å². The monoisotopic (exact) mass is 377 g/mol. The SMILES string of the molecule is CC(C)CCN(CCC(C)C)C[C@@H](O)c1ccc2ccc3ccccc3c2c1. The lowest BCUT2D eigenvalue weighted by Gasteiger charge is -2.27. The molecule has 2 heteroatoms. The van der Waals surface area contributed by atoms with Crippen LogP contribution in [-0.4, -0.2) is 29.6 Å². The number of fused-ring (bicyclic) bond motifs is 3. The van der Waals surface area contributed by atoms with Crippen molar-refractivity contribution in [2.45, 2.75) is 46.6 Å². The van der Waals surface area contributed by atoms with Crippen LogP contribution in [-0.2, 0) is 0 Å². The molecule has 1 atom stereocenters. The lowest BCUT2D eigenvalue weighted by Crippen LogP contribution is -2.32. The Morgan fingerprint density at radius 1 is 0.750 bits per heavy atom. The van der Waals surface area contributed by atoms with Gasteiger partial charge in [0, 0.05) is 6.54 Å². The zero-order valence-electron chi connectivity index (χ0n) is 17.9. The summed E-state index contributed by atoms with van der Waals surface area (Å²) in [5.41, 5.74) is 1.02. The Morgan fingerprint density at radius 2 is 1.32 bits per heavy atom. The Morgan fingerprint density at radius 3 is 1.96 bits per heavy atom. The highest BCUT2D eigenvalue weighted by Gasteiger charge is 2.15. The molecule has 0 saturated heterocycles. The van der Waals surface area contributed by atoms with Crippen LogP contribution in [0.3, 0.4) is 0 Å². The second kappa shape index (κ2) is 9.54. The van der Waals surface area contributed by atoms with E-state index in [1.165, 1.54) is 34.4 Å². The first-order valence-electron chi connectivity index (χ1n) is 10.8. The van der Waals surface area contributed by atoms with Crippen molar-refractivity contribution in [3.63, 3.8) is 0 Å². The molecule has 28 heavy (non-hydrogen) atoms. The van der Waals surface area contributed by atoms with E-state index < -0.39 is 6.10 Å². The zero-order valence-corrected chi connectivity index (χ0v) is 17.9. The number of aliphatic hydroxyl groups is 1. The van der Waals surface area contributed by atoms with Gasteiger partial charge in [-0.15, -0.1) is 0 Å². The molecule has 0 aromatic heterocycles. The van der Waals surface area contributed by atoms with Gasteiger partial charge in [-0.3, -0.25) is 0 Å². The largest absolute Gasteiger partial charge is 0.387 e. The molecule has 0 amide bonds. The van der Waals surface area contributed by atoms with Crippen molar-refractivity contribution in [2.75, 3.05) is 19.6 Å². The maximum atomic E-state index is 11.0. The van der Waals surface area contributed by atoms with Crippen LogP contribution in [0, 0.1) is 11.8 Å². The summed E-state index contributed by atoms with van der Waals surface area (Å²) in [5, 5.41) is 16.0. The molecule has 0 spiro atoms. The molecule has 0 bridgehead atoms. The predicted molar refractivity (Wildman–Crippen MR) is 122 cm³/mol. The third kappa shape index (κ3) is 5.33. The summed E-state index contributed by atoms with van der Waals surface area (Å²) < 4.78 is 0. The molecule has 0 radical (unpaired) electrons. The summed E-state index contributed by atoms with van der Waals surface area (Å²) in [4.78, 5) is 2.44. The van der Waals surface area contributed by atoms with Gasteiger partial charge in [-0.05, 0) is 70.9 Å². The summed E-state index contributed by atoms with van der Waals surface area (Å²) in [7, 11) is 0. The molecular formula is C26H35NO. The number of nitrogens with zero attached hydrogens (tertiary/aromatic N) is 1. The normalized spacial score (nSPS) is 13.3. The molecule has 0 saturated carbocycles. The van der Waals surface area contributed by atoms with Crippen LogP contribution >= 0.6 is 0 Å². The Kier molecular flexibility index (Phi) is 7.09. The molecule has 0 aliphatic carbocycles. The predicted octanol–water partition coefficient (Wildman–Crippen LogP) is 6.42. The van der Waals surface area contributed by atoms with Gasteiger partial charge in [0.25, 0.3) is 0 Å². The van der Waals surface area contributed by atoms with Gasteiger partial charge in [-0.25, -0.2) is 0 Å². The number of benzene rings is 3. The van der Waals surface area contributed by atoms with E-state index in [1.807, 2.05) is 0 Å². The highest BCUT2D eigenvalue weighted by atomic mass is 16.3. The Balaban J connectivity index is 1.81. The van der Waals surface area contributed by atoms with E-state index >= 15 is 0 Å². The van der Waals surface area contributed by atoms with Crippen LogP contribution in [0.5, 0.6) is 0 Å². The Hall–Kier alpha value is -1.90. The second-order valence-electron chi connectivity index (χ2n) is 8.95. The summed E-state index contributed by atoms with van der Waals surface area (Å²) in [6.45, 7) is 11.9. The van der Waals surface area contributed by atoms with Crippen LogP contribution in [0.15, 0.2) is 54.6 Å². The van der Waals surface area contributed by atoms with Crippen molar-refractivity contribution in [3.05, 3.63) is 60.2 Å². The minimum absolute atomic E-state index is 0.456. The fourth-order valence-corrected chi connectivity index (χ4v) is 3.75. The van der Waals surface area contributed by atoms with Gasteiger partial charge in [0.1, 0.15) is 0 Å². The van der Waals surface area contributed by atoms with Crippen molar-refractivity contribution >= 4 is 21.5 Å². The van der Waals surface area contributed by atoms with Gasteiger partial charge in [0.2, 0.25) is 0 Å². The number of aliphatic hydroxyl groups excluding tert-OH is 1. The average Bonchev–Trinajstić information content (AvgIpc) is 2.69. The average molecular weight is 378 g/mol. The highest BCUT2D eigenvalue weighted by Crippen LogP contribution is 2.28. The molecule has 0 unspecified atom stereocenters. The maximum Gasteiger partial charge on any atom is 0.0917 e. The minimum Gasteiger partial charge on any atom is -0.387 e. The first-order chi connectivity index (χ1) is 13.4. The van der Waals surface area contributed by atoms with Crippen molar-refractivity contribution in [2.24, 2.45) is 11.8 Å². The number of rotatable bonds is 9. The van der Waals surface area contributed by atoms with Gasteiger partial charge >= 0.3 is 0 Å². The van der Waals surface area contributed by atoms with Crippen LogP contribution < -0.4 is 0 Å². The van der Waals surface area contributed by atoms with E-state index in [0.29, 0.717) is 18.4 Å². The zero-order chi connectivity index (χ0) is 20.1. The molecule has 3 aromatic carbocycles. The van der Waals surface area contributed by atoms with Gasteiger partial charge in [-0.2, -0.15) is 0 Å². The molecule has 3 rings (SSSR count). The van der Waals surface area contributed by atoms with Gasteiger partial charge in [0.15, 0.2) is 0 Å². The first kappa shape index (κ1) is 20.8. The van der Waals surface area contributed by atoms with E-state index in [-0.39, 0.29) is 0 Å². The molecule has 0 aliphatic heterocycles. The fraction of sp³-hybridized carbons (Fsp3) is 0.462. The third-order valence-corrected chi connectivity index (χ3v) is 5.63. The molecule has 0 fully saturated rings. The third-order valence-electron chi connectivity index (χ3n) is 5.63. The molecule has 2 nitrogen and oxygen atoms in total. The van der Waals surface area contributed by atoms with Gasteiger partial charge in [-0.1, -0.05) is 76.2 Å². The van der Waals surface area contributed by atoms with Crippen LogP contribution in [0.2, 0.25) is 0 Å². The summed E-state index contributed by atoms with van der Waals surface area (Å²) in [5.74, 6) is 1.37. The lowest BCUT2D eigenvalue weighted by molar-refractivity contribution is 0.107. The Bertz CT molecular complexity index is 887.